The molecule has 0 atom stereocenters. The van der Waals surface area contributed by atoms with Crippen LogP contribution < -0.4 is 5.73 Å². The van der Waals surface area contributed by atoms with Crippen LogP contribution in [-0.4, -0.2) is 32.7 Å². The smallest absolute Gasteiger partial charge is 0.221 e. The van der Waals surface area contributed by atoms with E-state index in [-0.39, 0.29) is 5.95 Å². The summed E-state index contributed by atoms with van der Waals surface area (Å²) in [5, 5.41) is 3.11. The van der Waals surface area contributed by atoms with E-state index in [2.05, 4.69) is 41.6 Å². The van der Waals surface area contributed by atoms with Crippen molar-refractivity contribution in [1.82, 2.24) is 19.5 Å². The number of nitrogen functional groups attached to an aromatic ring is 1. The van der Waals surface area contributed by atoms with Crippen LogP contribution in [0.25, 0.3) is 32.4 Å². The van der Waals surface area contributed by atoms with Crippen molar-refractivity contribution >= 4 is 54.3 Å². The number of halogens is 1. The van der Waals surface area contributed by atoms with Crippen molar-refractivity contribution in [2.24, 2.45) is 0 Å². The largest absolute Gasteiger partial charge is 0.377 e. The number of fused-ring (bicyclic) bond motifs is 2. The van der Waals surface area contributed by atoms with Gasteiger partial charge in [0.1, 0.15) is 4.60 Å². The van der Waals surface area contributed by atoms with Gasteiger partial charge in [-0.3, -0.25) is 0 Å². The number of pyridine rings is 1. The number of hydrogen-bond donors (Lipinski definition) is 1. The Bertz CT molecular complexity index is 1080. The fraction of sp³-hybridized carbons (Fsp3) is 0.188. The molecule has 1 aliphatic rings. The minimum atomic E-state index is 0.289. The molecule has 0 bridgehead atoms. The third-order valence-corrected chi connectivity index (χ3v) is 5.62. The maximum absolute atomic E-state index is 5.93. The molecule has 0 aromatic carbocycles. The van der Waals surface area contributed by atoms with E-state index < -0.39 is 0 Å². The second kappa shape index (κ2) is 5.23. The molecule has 1 aliphatic heterocycles. The van der Waals surface area contributed by atoms with E-state index in [0.29, 0.717) is 6.04 Å². The molecule has 6 nitrogen and oxygen atoms in total. The van der Waals surface area contributed by atoms with Gasteiger partial charge in [-0.05, 0) is 33.4 Å². The second-order valence-corrected chi connectivity index (χ2v) is 7.46. The van der Waals surface area contributed by atoms with Crippen LogP contribution in [-0.2, 0) is 4.74 Å². The summed E-state index contributed by atoms with van der Waals surface area (Å²) in [6.45, 7) is 1.44. The quantitative estimate of drug-likeness (QED) is 0.518. The van der Waals surface area contributed by atoms with Gasteiger partial charge in [0.05, 0.1) is 46.9 Å². The molecular weight excluding hydrogens is 390 g/mol. The van der Waals surface area contributed by atoms with Gasteiger partial charge in [0.15, 0.2) is 0 Å². The summed E-state index contributed by atoms with van der Waals surface area (Å²) in [6, 6.07) is 4.33. The highest BCUT2D eigenvalue weighted by Gasteiger charge is 2.25. The Morgan fingerprint density at radius 1 is 1.33 bits per heavy atom. The molecule has 4 aromatic heterocycles. The maximum atomic E-state index is 5.93. The predicted octanol–water partition coefficient (Wildman–Crippen LogP) is 3.62. The number of nitrogens with zero attached hydrogens (tertiary/aromatic N) is 4. The summed E-state index contributed by atoms with van der Waals surface area (Å²) in [5.41, 5.74) is 9.80. The highest BCUT2D eigenvalue weighted by Crippen LogP contribution is 2.38. The zero-order chi connectivity index (χ0) is 16.3. The van der Waals surface area contributed by atoms with Crippen molar-refractivity contribution in [3.63, 3.8) is 0 Å². The molecule has 0 amide bonds. The monoisotopic (exact) mass is 401 g/mol. The van der Waals surface area contributed by atoms with Gasteiger partial charge in [-0.2, -0.15) is 0 Å². The Labute approximate surface area is 149 Å². The first kappa shape index (κ1) is 14.3. The predicted molar refractivity (Wildman–Crippen MR) is 98.1 cm³/mol. The van der Waals surface area contributed by atoms with Crippen LogP contribution in [0.2, 0.25) is 0 Å². The molecule has 8 heteroatoms. The van der Waals surface area contributed by atoms with E-state index in [1.54, 1.807) is 11.3 Å². The molecule has 0 unspecified atom stereocenters. The first-order valence-electron chi connectivity index (χ1n) is 7.45. The van der Waals surface area contributed by atoms with Crippen LogP contribution in [0.3, 0.4) is 0 Å². The van der Waals surface area contributed by atoms with Gasteiger partial charge in [-0.25, -0.2) is 15.0 Å². The molecule has 1 fully saturated rings. The van der Waals surface area contributed by atoms with E-state index in [0.717, 1.165) is 50.2 Å². The van der Waals surface area contributed by atoms with Gasteiger partial charge in [0.2, 0.25) is 5.95 Å². The summed E-state index contributed by atoms with van der Waals surface area (Å²) in [5.74, 6) is 0.289. The van der Waals surface area contributed by atoms with Crippen LogP contribution in [0.1, 0.15) is 6.04 Å². The van der Waals surface area contributed by atoms with Crippen LogP contribution in [0, 0.1) is 0 Å². The number of ether oxygens (including phenoxy) is 1. The summed E-state index contributed by atoms with van der Waals surface area (Å²) in [4.78, 5) is 13.2. The second-order valence-electron chi connectivity index (χ2n) is 5.73. The first-order valence-corrected chi connectivity index (χ1v) is 9.13. The SMILES string of the molecule is Nc1nc(-c2cn(C3COC3)c3cnc(Br)cc23)c2sccc2n1. The fourth-order valence-electron chi connectivity index (χ4n) is 3.06. The zero-order valence-electron chi connectivity index (χ0n) is 12.4. The van der Waals surface area contributed by atoms with E-state index in [9.17, 15) is 0 Å². The van der Waals surface area contributed by atoms with Crippen molar-refractivity contribution in [3.05, 3.63) is 34.5 Å². The molecule has 120 valence electrons. The van der Waals surface area contributed by atoms with Gasteiger partial charge in [0.25, 0.3) is 0 Å². The highest BCUT2D eigenvalue weighted by molar-refractivity contribution is 9.10. The van der Waals surface area contributed by atoms with Gasteiger partial charge in [-0.1, -0.05) is 0 Å². The molecule has 5 rings (SSSR count). The molecule has 24 heavy (non-hydrogen) atoms. The lowest BCUT2D eigenvalue weighted by Crippen LogP contribution is -2.30. The van der Waals surface area contributed by atoms with Crippen molar-refractivity contribution in [3.8, 4) is 11.3 Å². The van der Waals surface area contributed by atoms with Gasteiger partial charge in [0, 0.05) is 17.1 Å². The summed E-state index contributed by atoms with van der Waals surface area (Å²) < 4.78 is 9.42. The number of anilines is 1. The first-order chi connectivity index (χ1) is 11.7. The summed E-state index contributed by atoms with van der Waals surface area (Å²) in [6.07, 6.45) is 4.02. The highest BCUT2D eigenvalue weighted by atomic mass is 79.9. The van der Waals surface area contributed by atoms with Crippen molar-refractivity contribution in [2.45, 2.75) is 6.04 Å². The summed E-state index contributed by atoms with van der Waals surface area (Å²) in [7, 11) is 0. The number of hydrogen-bond acceptors (Lipinski definition) is 6. The molecule has 2 N–H and O–H groups in total. The van der Waals surface area contributed by atoms with Crippen LogP contribution in [0.4, 0.5) is 5.95 Å². The Balaban J connectivity index is 1.85. The normalized spacial score (nSPS) is 15.2. The van der Waals surface area contributed by atoms with E-state index in [1.807, 2.05) is 23.7 Å². The molecule has 5 heterocycles. The third kappa shape index (κ3) is 2.07. The number of rotatable bonds is 2. The lowest BCUT2D eigenvalue weighted by atomic mass is 10.1. The standard InChI is InChI=1S/C16H12BrN5OS/c17-13-3-9-10(5-22(8-6-23-7-8)12(9)4-19-13)14-15-11(1-2-24-15)20-16(18)21-14/h1-5,8H,6-7H2,(H2,18,20,21). The maximum Gasteiger partial charge on any atom is 0.221 e. The zero-order valence-corrected chi connectivity index (χ0v) is 14.8. The average molecular weight is 402 g/mol. The molecule has 0 spiro atoms. The van der Waals surface area contributed by atoms with Crippen LogP contribution in [0.15, 0.2) is 34.5 Å². The Morgan fingerprint density at radius 2 is 2.21 bits per heavy atom. The van der Waals surface area contributed by atoms with Crippen molar-refractivity contribution < 1.29 is 4.74 Å². The van der Waals surface area contributed by atoms with Gasteiger partial charge >= 0.3 is 0 Å². The lowest BCUT2D eigenvalue weighted by molar-refractivity contribution is -0.0213. The number of aromatic nitrogens is 4. The van der Waals surface area contributed by atoms with Crippen LogP contribution >= 0.6 is 27.3 Å². The lowest BCUT2D eigenvalue weighted by Gasteiger charge is -2.28. The third-order valence-electron chi connectivity index (χ3n) is 4.28. The fourth-order valence-corrected chi connectivity index (χ4v) is 4.23. The minimum Gasteiger partial charge on any atom is -0.377 e. The number of thiophene rings is 1. The van der Waals surface area contributed by atoms with E-state index >= 15 is 0 Å². The van der Waals surface area contributed by atoms with E-state index in [4.69, 9.17) is 10.5 Å². The molecule has 1 saturated heterocycles. The molecule has 0 radical (unpaired) electrons. The molecule has 4 aromatic rings. The van der Waals surface area contributed by atoms with Crippen LogP contribution in [0.5, 0.6) is 0 Å². The Kier molecular flexibility index (Phi) is 3.12. The van der Waals surface area contributed by atoms with Crippen molar-refractivity contribution in [1.29, 1.82) is 0 Å². The topological polar surface area (TPSA) is 78.8 Å². The molecule has 0 aliphatic carbocycles. The van der Waals surface area contributed by atoms with Gasteiger partial charge < -0.3 is 15.0 Å². The Morgan fingerprint density at radius 3 is 3.00 bits per heavy atom. The molecule has 0 saturated carbocycles. The minimum absolute atomic E-state index is 0.289. The number of nitrogens with two attached hydrogens (primary N) is 1. The van der Waals surface area contributed by atoms with Gasteiger partial charge in [-0.15, -0.1) is 11.3 Å². The summed E-state index contributed by atoms with van der Waals surface area (Å²) >= 11 is 5.10. The Hall–Kier alpha value is -2.03. The van der Waals surface area contributed by atoms with Crippen molar-refractivity contribution in [2.75, 3.05) is 18.9 Å². The van der Waals surface area contributed by atoms with E-state index in [1.165, 1.54) is 0 Å². The average Bonchev–Trinajstić information content (AvgIpc) is 3.09. The molecular formula is C16H12BrN5OS.